The Morgan fingerprint density at radius 2 is 1.59 bits per heavy atom. The minimum atomic E-state index is -0.593. The largest absolute Gasteiger partial charge is 0.283 e. The molecule has 0 aliphatic carbocycles. The molecule has 0 aliphatic heterocycles. The summed E-state index contributed by atoms with van der Waals surface area (Å²) in [5, 5.41) is 4.28. The van der Waals surface area contributed by atoms with Crippen molar-refractivity contribution in [3.63, 3.8) is 0 Å². The molecule has 0 aliphatic rings. The van der Waals surface area contributed by atoms with Crippen molar-refractivity contribution >= 4 is 16.9 Å². The highest BCUT2D eigenvalue weighted by molar-refractivity contribution is 6.00. The van der Waals surface area contributed by atoms with Crippen LogP contribution in [-0.2, 0) is 0 Å². The van der Waals surface area contributed by atoms with Gasteiger partial charge in [0.05, 0.1) is 11.9 Å². The van der Waals surface area contributed by atoms with Crippen LogP contribution < -0.4 is 11.0 Å². The zero-order valence-electron chi connectivity index (χ0n) is 13.6. The van der Waals surface area contributed by atoms with Crippen LogP contribution in [0.25, 0.3) is 16.7 Å². The summed E-state index contributed by atoms with van der Waals surface area (Å²) in [5.74, 6) is -1.46. The van der Waals surface area contributed by atoms with Gasteiger partial charge in [-0.25, -0.2) is 23.1 Å². The Morgan fingerprint density at radius 1 is 0.963 bits per heavy atom. The van der Waals surface area contributed by atoms with Crippen molar-refractivity contribution in [2.24, 2.45) is 0 Å². The molecule has 0 saturated heterocycles. The first kappa shape index (κ1) is 16.6. The van der Waals surface area contributed by atoms with E-state index in [2.05, 4.69) is 15.5 Å². The van der Waals surface area contributed by atoms with Crippen molar-refractivity contribution < 1.29 is 13.6 Å². The number of carbonyl (C=O) groups excluding carboxylic acids is 1. The van der Waals surface area contributed by atoms with Crippen LogP contribution in [-0.4, -0.2) is 25.3 Å². The van der Waals surface area contributed by atoms with Crippen molar-refractivity contribution in [2.45, 2.75) is 0 Å². The quantitative estimate of drug-likeness (QED) is 0.602. The van der Waals surface area contributed by atoms with Crippen LogP contribution in [0.3, 0.4) is 0 Å². The van der Waals surface area contributed by atoms with E-state index in [-0.39, 0.29) is 16.6 Å². The molecule has 4 rings (SSSR count). The topological polar surface area (TPSA) is 81.8 Å². The second-order valence-electron chi connectivity index (χ2n) is 5.64. The zero-order valence-corrected chi connectivity index (χ0v) is 13.6. The van der Waals surface area contributed by atoms with Crippen molar-refractivity contribution in [1.82, 2.24) is 19.4 Å². The maximum absolute atomic E-state index is 13.1. The monoisotopic (exact) mass is 367 g/mol. The highest BCUT2D eigenvalue weighted by Crippen LogP contribution is 2.14. The lowest BCUT2D eigenvalue weighted by Gasteiger charge is -2.08. The summed E-state index contributed by atoms with van der Waals surface area (Å²) in [5.41, 5.74) is 2.83. The number of nitrogens with one attached hydrogen (secondary N) is 1. The number of carbonyl (C=O) groups is 1. The third-order valence-corrected chi connectivity index (χ3v) is 3.89. The smallest absolute Gasteiger partial charge is 0.267 e. The molecule has 9 heteroatoms. The summed E-state index contributed by atoms with van der Waals surface area (Å²) in [6, 6.07) is 10.4. The summed E-state index contributed by atoms with van der Waals surface area (Å²) in [4.78, 5) is 28.9. The van der Waals surface area contributed by atoms with Crippen molar-refractivity contribution in [1.29, 1.82) is 0 Å². The fraction of sp³-hybridized carbons (Fsp3) is 0. The average Bonchev–Trinajstić information content (AvgIpc) is 3.10. The van der Waals surface area contributed by atoms with Crippen LogP contribution in [0.15, 0.2) is 65.8 Å². The maximum atomic E-state index is 13.1. The SMILES string of the molecule is O=C(Nn1cnc2c(cnn2-c2ccc(F)cc2)c1=O)c1ccc(F)cc1. The van der Waals surface area contributed by atoms with Crippen LogP contribution in [0.1, 0.15) is 10.4 Å². The Balaban J connectivity index is 1.69. The summed E-state index contributed by atoms with van der Waals surface area (Å²) in [6.07, 6.45) is 2.46. The van der Waals surface area contributed by atoms with E-state index in [1.807, 2.05) is 0 Å². The zero-order chi connectivity index (χ0) is 19.0. The molecule has 1 amide bonds. The molecule has 2 aromatic heterocycles. The van der Waals surface area contributed by atoms with Gasteiger partial charge in [0.15, 0.2) is 5.65 Å². The average molecular weight is 367 g/mol. The first-order valence-electron chi connectivity index (χ1n) is 7.81. The molecule has 0 fully saturated rings. The molecule has 0 bridgehead atoms. The standard InChI is InChI=1S/C18H11F2N5O2/c19-12-3-1-11(2-4-12)17(26)23-24-10-21-16-15(18(24)27)9-22-25(16)14-7-5-13(20)6-8-14/h1-10H,(H,23,26). The van der Waals surface area contributed by atoms with Crippen molar-refractivity contribution in [3.8, 4) is 5.69 Å². The molecule has 7 nitrogen and oxygen atoms in total. The summed E-state index contributed by atoms with van der Waals surface area (Å²) in [7, 11) is 0. The van der Waals surface area contributed by atoms with Gasteiger partial charge in [0.25, 0.3) is 11.5 Å². The molecule has 134 valence electrons. The third kappa shape index (κ3) is 3.06. The van der Waals surface area contributed by atoms with E-state index < -0.39 is 23.1 Å². The minimum absolute atomic E-state index is 0.168. The van der Waals surface area contributed by atoms with Gasteiger partial charge >= 0.3 is 0 Å². The summed E-state index contributed by atoms with van der Waals surface area (Å²) in [6.45, 7) is 0. The van der Waals surface area contributed by atoms with Gasteiger partial charge in [-0.3, -0.25) is 15.0 Å². The lowest BCUT2D eigenvalue weighted by atomic mass is 10.2. The normalized spacial score (nSPS) is 10.9. The van der Waals surface area contributed by atoms with Gasteiger partial charge in [0.2, 0.25) is 0 Å². The Bertz CT molecular complexity index is 1200. The minimum Gasteiger partial charge on any atom is -0.267 e. The Morgan fingerprint density at radius 3 is 2.26 bits per heavy atom. The number of nitrogens with zero attached hydrogens (tertiary/aromatic N) is 4. The van der Waals surface area contributed by atoms with Crippen LogP contribution in [0.2, 0.25) is 0 Å². The van der Waals surface area contributed by atoms with E-state index in [1.54, 1.807) is 0 Å². The number of hydrogen-bond donors (Lipinski definition) is 1. The molecule has 0 atom stereocenters. The first-order valence-corrected chi connectivity index (χ1v) is 7.81. The third-order valence-electron chi connectivity index (χ3n) is 3.89. The molecule has 0 spiro atoms. The highest BCUT2D eigenvalue weighted by Gasteiger charge is 2.13. The van der Waals surface area contributed by atoms with Crippen LogP contribution >= 0.6 is 0 Å². The maximum Gasteiger partial charge on any atom is 0.283 e. The van der Waals surface area contributed by atoms with Crippen molar-refractivity contribution in [2.75, 3.05) is 5.43 Å². The van der Waals surface area contributed by atoms with Gasteiger partial charge in [-0.2, -0.15) is 5.10 Å². The van der Waals surface area contributed by atoms with E-state index >= 15 is 0 Å². The van der Waals surface area contributed by atoms with E-state index in [9.17, 15) is 18.4 Å². The highest BCUT2D eigenvalue weighted by atomic mass is 19.1. The van der Waals surface area contributed by atoms with Gasteiger partial charge in [0, 0.05) is 5.56 Å². The molecular weight excluding hydrogens is 356 g/mol. The number of aromatic nitrogens is 4. The van der Waals surface area contributed by atoms with E-state index in [0.717, 1.165) is 23.1 Å². The summed E-state index contributed by atoms with van der Waals surface area (Å²) < 4.78 is 28.3. The van der Waals surface area contributed by atoms with Gasteiger partial charge in [-0.15, -0.1) is 0 Å². The molecule has 2 aromatic carbocycles. The molecule has 4 aromatic rings. The summed E-state index contributed by atoms with van der Waals surface area (Å²) >= 11 is 0. The fourth-order valence-electron chi connectivity index (χ4n) is 2.54. The predicted molar refractivity (Wildman–Crippen MR) is 93.2 cm³/mol. The van der Waals surface area contributed by atoms with Gasteiger partial charge < -0.3 is 0 Å². The Hall–Kier alpha value is -3.88. The van der Waals surface area contributed by atoms with Gasteiger partial charge in [-0.05, 0) is 48.5 Å². The number of rotatable bonds is 3. The van der Waals surface area contributed by atoms with Gasteiger partial charge in [-0.1, -0.05) is 0 Å². The number of benzene rings is 2. The van der Waals surface area contributed by atoms with E-state index in [1.165, 1.54) is 47.3 Å². The first-order chi connectivity index (χ1) is 13.0. The molecule has 0 unspecified atom stereocenters. The molecule has 0 radical (unpaired) electrons. The second kappa shape index (κ2) is 6.45. The number of halogens is 2. The Labute approximate surface area is 150 Å². The molecule has 0 saturated carbocycles. The van der Waals surface area contributed by atoms with Crippen LogP contribution in [0.5, 0.6) is 0 Å². The number of amides is 1. The predicted octanol–water partition coefficient (Wildman–Crippen LogP) is 2.24. The van der Waals surface area contributed by atoms with E-state index in [4.69, 9.17) is 0 Å². The molecular formula is C18H11F2N5O2. The molecule has 2 heterocycles. The molecule has 1 N–H and O–H groups in total. The number of hydrogen-bond acceptors (Lipinski definition) is 4. The fourth-order valence-corrected chi connectivity index (χ4v) is 2.54. The molecule has 27 heavy (non-hydrogen) atoms. The second-order valence-corrected chi connectivity index (χ2v) is 5.64. The van der Waals surface area contributed by atoms with Crippen LogP contribution in [0, 0.1) is 11.6 Å². The lowest BCUT2D eigenvalue weighted by Crippen LogP contribution is -2.33. The van der Waals surface area contributed by atoms with Gasteiger partial charge in [0.1, 0.15) is 23.3 Å². The lowest BCUT2D eigenvalue weighted by molar-refractivity contribution is 0.101. The Kier molecular flexibility index (Phi) is 3.96. The number of fused-ring (bicyclic) bond motifs is 1. The van der Waals surface area contributed by atoms with Crippen LogP contribution in [0.4, 0.5) is 8.78 Å². The van der Waals surface area contributed by atoms with Crippen molar-refractivity contribution in [3.05, 3.63) is 88.6 Å². The van der Waals surface area contributed by atoms with E-state index in [0.29, 0.717) is 5.69 Å².